The third-order valence-electron chi connectivity index (χ3n) is 4.35. The molecule has 0 aliphatic carbocycles. The van der Waals surface area contributed by atoms with Gasteiger partial charge < -0.3 is 5.32 Å². The van der Waals surface area contributed by atoms with Crippen molar-refractivity contribution in [1.29, 1.82) is 0 Å². The second-order valence-electron chi connectivity index (χ2n) is 7.34. The molecule has 0 fully saturated rings. The van der Waals surface area contributed by atoms with Gasteiger partial charge in [-0.05, 0) is 54.0 Å². The quantitative estimate of drug-likeness (QED) is 0.635. The van der Waals surface area contributed by atoms with E-state index in [0.717, 1.165) is 16.9 Å². The highest BCUT2D eigenvalue weighted by Crippen LogP contribution is 2.26. The summed E-state index contributed by atoms with van der Waals surface area (Å²) in [6.45, 7) is 10.4. The standard InChI is InChI=1S/C21H28F2N2/c1-13(2)17-6-7-20(24-12-17)25-15(5)8-16-9-18(14(3)4)11-19(10-16)21(22)23/h6-7,9-15,21H,8H2,1-5H3,(H,24,25). The first-order chi connectivity index (χ1) is 11.8. The zero-order valence-electron chi connectivity index (χ0n) is 15.7. The summed E-state index contributed by atoms with van der Waals surface area (Å²) in [6, 6.07) is 9.41. The van der Waals surface area contributed by atoms with Gasteiger partial charge in [0.25, 0.3) is 6.43 Å². The lowest BCUT2D eigenvalue weighted by molar-refractivity contribution is 0.151. The first-order valence-electron chi connectivity index (χ1n) is 8.90. The molecule has 0 aliphatic rings. The SMILES string of the molecule is CC(Cc1cc(C(C)C)cc(C(F)F)c1)Nc1ccc(C(C)C)cn1. The monoisotopic (exact) mass is 346 g/mol. The molecule has 1 aromatic carbocycles. The number of alkyl halides is 2. The van der Waals surface area contributed by atoms with Gasteiger partial charge in [-0.15, -0.1) is 0 Å². The van der Waals surface area contributed by atoms with E-state index in [1.54, 1.807) is 12.1 Å². The van der Waals surface area contributed by atoms with E-state index >= 15 is 0 Å². The molecule has 0 saturated carbocycles. The zero-order chi connectivity index (χ0) is 18.6. The Balaban J connectivity index is 2.10. The van der Waals surface area contributed by atoms with Gasteiger partial charge in [-0.1, -0.05) is 45.9 Å². The Labute approximate surface area is 149 Å². The van der Waals surface area contributed by atoms with E-state index in [9.17, 15) is 8.78 Å². The number of rotatable bonds is 7. The molecule has 2 rings (SSSR count). The van der Waals surface area contributed by atoms with Crippen molar-refractivity contribution >= 4 is 5.82 Å². The van der Waals surface area contributed by atoms with Crippen LogP contribution in [0, 0.1) is 0 Å². The van der Waals surface area contributed by atoms with Crippen LogP contribution in [0.25, 0.3) is 0 Å². The molecule has 1 N–H and O–H groups in total. The molecule has 1 atom stereocenters. The third-order valence-corrected chi connectivity index (χ3v) is 4.35. The van der Waals surface area contributed by atoms with Crippen LogP contribution < -0.4 is 5.32 Å². The lowest BCUT2D eigenvalue weighted by Gasteiger charge is -2.17. The summed E-state index contributed by atoms with van der Waals surface area (Å²) >= 11 is 0. The van der Waals surface area contributed by atoms with Gasteiger partial charge >= 0.3 is 0 Å². The average Bonchev–Trinajstić information content (AvgIpc) is 2.54. The van der Waals surface area contributed by atoms with E-state index in [4.69, 9.17) is 0 Å². The third kappa shape index (κ3) is 5.52. The first kappa shape index (κ1) is 19.4. The second kappa shape index (κ2) is 8.41. The van der Waals surface area contributed by atoms with Crippen LogP contribution in [0.15, 0.2) is 36.5 Å². The fourth-order valence-corrected chi connectivity index (χ4v) is 2.81. The minimum atomic E-state index is -2.44. The number of halogens is 2. The zero-order valence-corrected chi connectivity index (χ0v) is 15.7. The largest absolute Gasteiger partial charge is 0.367 e. The predicted octanol–water partition coefficient (Wildman–Crippen LogP) is 6.31. The molecule has 1 unspecified atom stereocenters. The summed E-state index contributed by atoms with van der Waals surface area (Å²) in [6.07, 6.45) is 0.119. The molecule has 0 bridgehead atoms. The highest BCUT2D eigenvalue weighted by atomic mass is 19.3. The molecular formula is C21H28F2N2. The van der Waals surface area contributed by atoms with Crippen LogP contribution in [0.5, 0.6) is 0 Å². The molecule has 4 heteroatoms. The number of nitrogens with zero attached hydrogens (tertiary/aromatic N) is 1. The van der Waals surface area contributed by atoms with Crippen molar-refractivity contribution in [2.24, 2.45) is 0 Å². The first-order valence-corrected chi connectivity index (χ1v) is 8.90. The minimum Gasteiger partial charge on any atom is -0.367 e. The summed E-state index contributed by atoms with van der Waals surface area (Å²) in [7, 11) is 0. The molecule has 1 heterocycles. The Morgan fingerprint density at radius 1 is 0.880 bits per heavy atom. The van der Waals surface area contributed by atoms with Crippen LogP contribution in [0.4, 0.5) is 14.6 Å². The van der Waals surface area contributed by atoms with Crippen LogP contribution >= 0.6 is 0 Å². The summed E-state index contributed by atoms with van der Waals surface area (Å²) in [5, 5.41) is 3.36. The molecule has 0 amide bonds. The predicted molar refractivity (Wildman–Crippen MR) is 101 cm³/mol. The van der Waals surface area contributed by atoms with E-state index < -0.39 is 6.43 Å². The lowest BCUT2D eigenvalue weighted by atomic mass is 9.95. The molecule has 2 aromatic rings. The topological polar surface area (TPSA) is 24.9 Å². The maximum atomic E-state index is 13.2. The van der Waals surface area contributed by atoms with Gasteiger partial charge in [-0.25, -0.2) is 13.8 Å². The smallest absolute Gasteiger partial charge is 0.263 e. The van der Waals surface area contributed by atoms with Crippen LogP contribution in [0.1, 0.15) is 75.1 Å². The van der Waals surface area contributed by atoms with Crippen molar-refractivity contribution in [1.82, 2.24) is 4.98 Å². The van der Waals surface area contributed by atoms with Crippen LogP contribution in [0.2, 0.25) is 0 Å². The molecule has 0 saturated heterocycles. The molecule has 0 spiro atoms. The average molecular weight is 346 g/mol. The van der Waals surface area contributed by atoms with E-state index in [0.29, 0.717) is 12.3 Å². The van der Waals surface area contributed by atoms with Gasteiger partial charge in [0.15, 0.2) is 0 Å². The number of hydrogen-bond acceptors (Lipinski definition) is 2. The van der Waals surface area contributed by atoms with Crippen molar-refractivity contribution in [3.8, 4) is 0 Å². The molecule has 1 aromatic heterocycles. The summed E-state index contributed by atoms with van der Waals surface area (Å²) in [5.74, 6) is 1.49. The van der Waals surface area contributed by atoms with E-state index in [2.05, 4.69) is 30.2 Å². The van der Waals surface area contributed by atoms with Crippen molar-refractivity contribution < 1.29 is 8.78 Å². The van der Waals surface area contributed by atoms with Gasteiger partial charge in [0.1, 0.15) is 5.82 Å². The van der Waals surface area contributed by atoms with Gasteiger partial charge in [-0.2, -0.15) is 0 Å². The maximum absolute atomic E-state index is 13.2. The number of pyridine rings is 1. The second-order valence-corrected chi connectivity index (χ2v) is 7.34. The highest BCUT2D eigenvalue weighted by Gasteiger charge is 2.13. The normalized spacial score (nSPS) is 12.9. The van der Waals surface area contributed by atoms with Crippen LogP contribution in [-0.2, 0) is 6.42 Å². The Hall–Kier alpha value is -1.97. The van der Waals surface area contributed by atoms with E-state index in [1.807, 2.05) is 39.1 Å². The van der Waals surface area contributed by atoms with Crippen molar-refractivity contribution in [3.63, 3.8) is 0 Å². The molecular weight excluding hydrogens is 318 g/mol. The van der Waals surface area contributed by atoms with Crippen molar-refractivity contribution in [3.05, 3.63) is 58.8 Å². The summed E-state index contributed by atoms with van der Waals surface area (Å²) in [5.41, 5.74) is 3.19. The highest BCUT2D eigenvalue weighted by molar-refractivity contribution is 5.39. The Morgan fingerprint density at radius 2 is 1.52 bits per heavy atom. The van der Waals surface area contributed by atoms with Crippen molar-refractivity contribution in [2.75, 3.05) is 5.32 Å². The number of aromatic nitrogens is 1. The Morgan fingerprint density at radius 3 is 2.04 bits per heavy atom. The van der Waals surface area contributed by atoms with Crippen molar-refractivity contribution in [2.45, 2.75) is 65.3 Å². The van der Waals surface area contributed by atoms with Crippen LogP contribution in [0.3, 0.4) is 0 Å². The Bertz CT molecular complexity index is 653. The maximum Gasteiger partial charge on any atom is 0.263 e. The lowest BCUT2D eigenvalue weighted by Crippen LogP contribution is -2.19. The molecule has 2 nitrogen and oxygen atoms in total. The van der Waals surface area contributed by atoms with Gasteiger partial charge in [0, 0.05) is 17.8 Å². The number of anilines is 1. The Kier molecular flexibility index (Phi) is 6.51. The van der Waals surface area contributed by atoms with Gasteiger partial charge in [0.05, 0.1) is 0 Å². The fourth-order valence-electron chi connectivity index (χ4n) is 2.81. The fraction of sp³-hybridized carbons (Fsp3) is 0.476. The molecule has 0 radical (unpaired) electrons. The van der Waals surface area contributed by atoms with E-state index in [1.165, 1.54) is 5.56 Å². The number of benzene rings is 1. The number of hydrogen-bond donors (Lipinski definition) is 1. The molecule has 0 aliphatic heterocycles. The van der Waals surface area contributed by atoms with Crippen LogP contribution in [-0.4, -0.2) is 11.0 Å². The van der Waals surface area contributed by atoms with Gasteiger partial charge in [0.2, 0.25) is 0 Å². The summed E-state index contributed by atoms with van der Waals surface area (Å²) < 4.78 is 26.3. The molecule has 136 valence electrons. The minimum absolute atomic E-state index is 0.102. The van der Waals surface area contributed by atoms with Gasteiger partial charge in [-0.3, -0.25) is 0 Å². The number of nitrogens with one attached hydrogen (secondary N) is 1. The summed E-state index contributed by atoms with van der Waals surface area (Å²) in [4.78, 5) is 4.44. The van der Waals surface area contributed by atoms with E-state index in [-0.39, 0.29) is 17.5 Å². The molecule has 25 heavy (non-hydrogen) atoms.